The van der Waals surface area contributed by atoms with Crippen LogP contribution in [0.4, 0.5) is 0 Å². The monoisotopic (exact) mass is 316 g/mol. The first kappa shape index (κ1) is 15.8. The normalized spacial score (nSPS) is 17.6. The maximum absolute atomic E-state index is 12.3. The molecular weight excluding hydrogens is 292 g/mol. The molecule has 1 aromatic heterocycles. The predicted octanol–water partition coefficient (Wildman–Crippen LogP) is 1.62. The van der Waals surface area contributed by atoms with Crippen molar-refractivity contribution < 1.29 is 4.79 Å². The van der Waals surface area contributed by atoms with Crippen molar-refractivity contribution in [3.05, 3.63) is 34.7 Å². The number of piperidine rings is 1. The van der Waals surface area contributed by atoms with Crippen LogP contribution in [0.1, 0.15) is 38.6 Å². The van der Waals surface area contributed by atoms with Crippen LogP contribution in [0.5, 0.6) is 0 Å². The summed E-state index contributed by atoms with van der Waals surface area (Å²) in [4.78, 5) is 29.3. The lowest BCUT2D eigenvalue weighted by Gasteiger charge is -2.34. The molecule has 1 amide bonds. The summed E-state index contributed by atoms with van der Waals surface area (Å²) in [6.07, 6.45) is 3.20. The van der Waals surface area contributed by atoms with Crippen molar-refractivity contribution in [2.75, 3.05) is 13.1 Å². The molecule has 0 spiro atoms. The Balaban J connectivity index is 1.72. The maximum atomic E-state index is 12.3. The standard InChI is InChI=1S/C17H24N4O2/c1-2-5-13(18)16(22)20-10-8-12(9-11-20)21-15-7-4-3-6-14(15)19-17(21)23/h3-4,6-7,12-13H,2,5,8-11,18H2,1H3,(H,19,23). The number of carbonyl (C=O) groups excluding carboxylic acids is 1. The highest BCUT2D eigenvalue weighted by molar-refractivity contribution is 5.81. The Labute approximate surface area is 135 Å². The number of nitrogens with zero attached hydrogens (tertiary/aromatic N) is 2. The van der Waals surface area contributed by atoms with Crippen molar-refractivity contribution in [3.63, 3.8) is 0 Å². The number of hydrogen-bond acceptors (Lipinski definition) is 3. The van der Waals surface area contributed by atoms with E-state index in [0.29, 0.717) is 13.1 Å². The molecule has 0 aliphatic carbocycles. The minimum Gasteiger partial charge on any atom is -0.341 e. The van der Waals surface area contributed by atoms with Crippen LogP contribution in [0.3, 0.4) is 0 Å². The maximum Gasteiger partial charge on any atom is 0.326 e. The molecular formula is C17H24N4O2. The van der Waals surface area contributed by atoms with E-state index in [-0.39, 0.29) is 17.6 Å². The number of amides is 1. The van der Waals surface area contributed by atoms with Gasteiger partial charge in [0, 0.05) is 19.1 Å². The van der Waals surface area contributed by atoms with Crippen molar-refractivity contribution in [2.24, 2.45) is 5.73 Å². The second kappa shape index (κ2) is 6.58. The molecule has 2 heterocycles. The Morgan fingerprint density at radius 2 is 2.04 bits per heavy atom. The Kier molecular flexibility index (Phi) is 4.52. The summed E-state index contributed by atoms with van der Waals surface area (Å²) in [5.74, 6) is 0.0385. The lowest BCUT2D eigenvalue weighted by molar-refractivity contribution is -0.134. The Morgan fingerprint density at radius 3 is 2.74 bits per heavy atom. The van der Waals surface area contributed by atoms with Crippen LogP contribution in [0.15, 0.2) is 29.1 Å². The highest BCUT2D eigenvalue weighted by Crippen LogP contribution is 2.25. The van der Waals surface area contributed by atoms with Crippen LogP contribution < -0.4 is 11.4 Å². The first-order valence-electron chi connectivity index (χ1n) is 8.35. The van der Waals surface area contributed by atoms with Crippen molar-refractivity contribution in [1.82, 2.24) is 14.5 Å². The van der Waals surface area contributed by atoms with Crippen molar-refractivity contribution >= 4 is 16.9 Å². The molecule has 3 rings (SSSR count). The third kappa shape index (κ3) is 3.03. The number of carbonyl (C=O) groups is 1. The van der Waals surface area contributed by atoms with Gasteiger partial charge < -0.3 is 15.6 Å². The summed E-state index contributed by atoms with van der Waals surface area (Å²) in [5.41, 5.74) is 7.66. The van der Waals surface area contributed by atoms with Gasteiger partial charge in [-0.15, -0.1) is 0 Å². The number of imidazole rings is 1. The second-order valence-electron chi connectivity index (χ2n) is 6.27. The first-order chi connectivity index (χ1) is 11.1. The summed E-state index contributed by atoms with van der Waals surface area (Å²) < 4.78 is 1.84. The van der Waals surface area contributed by atoms with Gasteiger partial charge in [0.15, 0.2) is 0 Å². The van der Waals surface area contributed by atoms with Crippen LogP contribution in [0.2, 0.25) is 0 Å². The van der Waals surface area contributed by atoms with Gasteiger partial charge in [-0.2, -0.15) is 0 Å². The lowest BCUT2D eigenvalue weighted by Crippen LogP contribution is -2.47. The van der Waals surface area contributed by atoms with Crippen LogP contribution in [0, 0.1) is 0 Å². The van der Waals surface area contributed by atoms with E-state index in [4.69, 9.17) is 5.73 Å². The van der Waals surface area contributed by atoms with E-state index in [1.54, 1.807) is 0 Å². The Hall–Kier alpha value is -2.08. The van der Waals surface area contributed by atoms with E-state index < -0.39 is 6.04 Å². The van der Waals surface area contributed by atoms with Crippen molar-refractivity contribution in [2.45, 2.75) is 44.7 Å². The fourth-order valence-corrected chi connectivity index (χ4v) is 3.45. The molecule has 1 saturated heterocycles. The number of nitrogens with one attached hydrogen (secondary N) is 1. The average molecular weight is 316 g/mol. The number of para-hydroxylation sites is 2. The molecule has 6 nitrogen and oxygen atoms in total. The van der Waals surface area contributed by atoms with Gasteiger partial charge in [0.2, 0.25) is 5.91 Å². The van der Waals surface area contributed by atoms with Gasteiger partial charge in [-0.1, -0.05) is 25.5 Å². The molecule has 2 aromatic rings. The SMILES string of the molecule is CCCC(N)C(=O)N1CCC(n2c(=O)[nH]c3ccccc32)CC1. The number of hydrogen-bond donors (Lipinski definition) is 2. The quantitative estimate of drug-likeness (QED) is 0.899. The number of benzene rings is 1. The number of rotatable bonds is 4. The number of fused-ring (bicyclic) bond motifs is 1. The molecule has 1 aliphatic heterocycles. The van der Waals surface area contributed by atoms with E-state index in [9.17, 15) is 9.59 Å². The third-order valence-electron chi connectivity index (χ3n) is 4.68. The molecule has 1 aromatic carbocycles. The van der Waals surface area contributed by atoms with E-state index >= 15 is 0 Å². The molecule has 124 valence electrons. The van der Waals surface area contributed by atoms with Gasteiger partial charge in [-0.05, 0) is 31.4 Å². The molecule has 23 heavy (non-hydrogen) atoms. The Morgan fingerprint density at radius 1 is 1.35 bits per heavy atom. The zero-order chi connectivity index (χ0) is 16.4. The van der Waals surface area contributed by atoms with Crippen molar-refractivity contribution in [1.29, 1.82) is 0 Å². The van der Waals surface area contributed by atoms with Crippen LogP contribution in [-0.4, -0.2) is 39.5 Å². The largest absolute Gasteiger partial charge is 0.341 e. The number of likely N-dealkylation sites (tertiary alicyclic amines) is 1. The molecule has 1 fully saturated rings. The molecule has 0 bridgehead atoms. The molecule has 0 radical (unpaired) electrons. The van der Waals surface area contributed by atoms with Crippen LogP contribution in [-0.2, 0) is 4.79 Å². The topological polar surface area (TPSA) is 84.1 Å². The van der Waals surface area contributed by atoms with E-state index in [2.05, 4.69) is 4.98 Å². The molecule has 6 heteroatoms. The van der Waals surface area contributed by atoms with Gasteiger partial charge >= 0.3 is 5.69 Å². The summed E-state index contributed by atoms with van der Waals surface area (Å²) in [6.45, 7) is 3.35. The molecule has 1 aliphatic rings. The molecule has 3 N–H and O–H groups in total. The fourth-order valence-electron chi connectivity index (χ4n) is 3.45. The highest BCUT2D eigenvalue weighted by atomic mass is 16.2. The molecule has 1 unspecified atom stereocenters. The summed E-state index contributed by atoms with van der Waals surface area (Å²) >= 11 is 0. The number of aromatic amines is 1. The smallest absolute Gasteiger partial charge is 0.326 e. The fraction of sp³-hybridized carbons (Fsp3) is 0.529. The highest BCUT2D eigenvalue weighted by Gasteiger charge is 2.28. The third-order valence-corrected chi connectivity index (χ3v) is 4.68. The number of nitrogens with two attached hydrogens (primary N) is 1. The van der Waals surface area contributed by atoms with Gasteiger partial charge in [0.05, 0.1) is 17.1 Å². The van der Waals surface area contributed by atoms with Crippen LogP contribution in [0.25, 0.3) is 11.0 Å². The van der Waals surface area contributed by atoms with E-state index in [1.165, 1.54) is 0 Å². The molecule has 0 saturated carbocycles. The van der Waals surface area contributed by atoms with Crippen LogP contribution >= 0.6 is 0 Å². The first-order valence-corrected chi connectivity index (χ1v) is 8.35. The molecule has 1 atom stereocenters. The number of aromatic nitrogens is 2. The van der Waals surface area contributed by atoms with Gasteiger partial charge in [-0.25, -0.2) is 4.79 Å². The summed E-state index contributed by atoms with van der Waals surface area (Å²) in [6, 6.07) is 7.46. The summed E-state index contributed by atoms with van der Waals surface area (Å²) in [5, 5.41) is 0. The lowest BCUT2D eigenvalue weighted by atomic mass is 10.0. The van der Waals surface area contributed by atoms with Gasteiger partial charge in [-0.3, -0.25) is 9.36 Å². The predicted molar refractivity (Wildman–Crippen MR) is 90.3 cm³/mol. The zero-order valence-electron chi connectivity index (χ0n) is 13.5. The van der Waals surface area contributed by atoms with Gasteiger partial charge in [0.1, 0.15) is 0 Å². The minimum absolute atomic E-state index is 0.0385. The zero-order valence-corrected chi connectivity index (χ0v) is 13.5. The van der Waals surface area contributed by atoms with Crippen molar-refractivity contribution in [3.8, 4) is 0 Å². The summed E-state index contributed by atoms with van der Waals surface area (Å²) in [7, 11) is 0. The number of H-pyrrole nitrogens is 1. The van der Waals surface area contributed by atoms with E-state index in [0.717, 1.165) is 36.7 Å². The minimum atomic E-state index is -0.396. The second-order valence-corrected chi connectivity index (χ2v) is 6.27. The van der Waals surface area contributed by atoms with E-state index in [1.807, 2.05) is 40.7 Å². The Bertz CT molecular complexity index is 740. The average Bonchev–Trinajstić information content (AvgIpc) is 2.90. The van der Waals surface area contributed by atoms with Gasteiger partial charge in [0.25, 0.3) is 0 Å².